The normalized spacial score (nSPS) is 13.3. The molecule has 6 heteroatoms. The number of phosphoric ester groups is 1. The van der Waals surface area contributed by atoms with Crippen molar-refractivity contribution in [1.29, 1.82) is 0 Å². The molecular formula is C48H31O4PS. The summed E-state index contributed by atoms with van der Waals surface area (Å²) in [4.78, 5) is 11.8. The van der Waals surface area contributed by atoms with Gasteiger partial charge in [0.15, 0.2) is 0 Å². The molecule has 0 aliphatic carbocycles. The largest absolute Gasteiger partial charge is 0.584 e. The van der Waals surface area contributed by atoms with E-state index in [4.69, 9.17) is 9.05 Å². The van der Waals surface area contributed by atoms with E-state index in [9.17, 15) is 9.46 Å². The molecule has 258 valence electrons. The third-order valence-corrected chi connectivity index (χ3v) is 11.6. The second-order valence-corrected chi connectivity index (χ2v) is 15.0. The van der Waals surface area contributed by atoms with Gasteiger partial charge in [0.25, 0.3) is 0 Å². The predicted molar refractivity (Wildman–Crippen MR) is 229 cm³/mol. The molecule has 0 saturated carbocycles. The van der Waals surface area contributed by atoms with Gasteiger partial charge in [0.2, 0.25) is 0 Å². The molecule has 0 amide bonds. The van der Waals surface area contributed by atoms with Gasteiger partial charge in [-0.3, -0.25) is 4.89 Å². The third kappa shape index (κ3) is 4.87. The molecule has 4 nitrogen and oxygen atoms in total. The van der Waals surface area contributed by atoms with Crippen LogP contribution in [0.1, 0.15) is 0 Å². The first-order chi connectivity index (χ1) is 26.0. The smallest absolute Gasteiger partial charge is 0.394 e. The fourth-order valence-electron chi connectivity index (χ4n) is 8.55. The Morgan fingerprint density at radius 1 is 0.352 bits per heavy atom. The molecule has 1 N–H and O–H groups in total. The van der Waals surface area contributed by atoms with Crippen molar-refractivity contribution in [2.45, 2.75) is 0 Å². The zero-order valence-electron chi connectivity index (χ0n) is 28.8. The molecular weight excluding hydrogens is 704 g/mol. The van der Waals surface area contributed by atoms with Crippen LogP contribution in [0.15, 0.2) is 170 Å². The van der Waals surface area contributed by atoms with Gasteiger partial charge in [-0.15, -0.1) is 0 Å². The van der Waals surface area contributed by atoms with Crippen LogP contribution in [0.3, 0.4) is 0 Å². The Hall–Kier alpha value is -6.10. The van der Waals surface area contributed by atoms with E-state index in [1.807, 2.05) is 60.7 Å². The maximum atomic E-state index is 14.5. The summed E-state index contributed by atoms with van der Waals surface area (Å²) in [6, 6.07) is 58.1. The quantitative estimate of drug-likeness (QED) is 0.142. The van der Waals surface area contributed by atoms with E-state index < -0.39 is 7.82 Å². The van der Waals surface area contributed by atoms with Crippen LogP contribution in [0.25, 0.3) is 98.0 Å². The highest BCUT2D eigenvalue weighted by molar-refractivity contribution is 7.59. The maximum absolute atomic E-state index is 14.5. The second kappa shape index (κ2) is 12.2. The molecule has 0 unspecified atom stereocenters. The lowest BCUT2D eigenvalue weighted by Crippen LogP contribution is -2.00. The molecule has 0 spiro atoms. The fraction of sp³-hybridized carbons (Fsp3) is 0. The summed E-state index contributed by atoms with van der Waals surface area (Å²) in [6.07, 6.45) is 0. The van der Waals surface area contributed by atoms with E-state index in [0.717, 1.165) is 98.0 Å². The van der Waals surface area contributed by atoms with Gasteiger partial charge in [0.05, 0.1) is 0 Å². The van der Waals surface area contributed by atoms with E-state index in [-0.39, 0.29) is 13.5 Å². The molecule has 0 atom stereocenters. The summed E-state index contributed by atoms with van der Waals surface area (Å²) >= 11 is 0. The molecule has 10 aromatic rings. The van der Waals surface area contributed by atoms with Crippen LogP contribution in [0, 0.1) is 0 Å². The van der Waals surface area contributed by atoms with Crippen LogP contribution in [-0.2, 0) is 4.57 Å². The number of rotatable bonds is 2. The highest BCUT2D eigenvalue weighted by Crippen LogP contribution is 2.62. The summed E-state index contributed by atoms with van der Waals surface area (Å²) < 4.78 is 27.2. The van der Waals surface area contributed by atoms with Gasteiger partial charge < -0.3 is 9.05 Å². The number of fused-ring (bicyclic) bond motifs is 13. The molecule has 0 saturated heterocycles. The standard InChI is InChI=1S/C48H29O4P.H2S/c49-53(50)51-47-43(41-25-29-13-1-5-17-33(29)37-21-9-11-23-39(37)41)27-31-15-3-7-19-35(31)45(47)46-36-20-8-4-16-32(36)28-44(48(46)52-53)42-26-30-14-2-6-18-34(30)38-22-10-12-24-40(38)42;/h1-28H,(H,49,50);1H2. The van der Waals surface area contributed by atoms with Crippen molar-refractivity contribution in [1.82, 2.24) is 0 Å². The SMILES string of the molecule is O=P1(O)Oc2c(-c3cc4ccccc4c4ccccc34)cc3ccccc3c2-c2c(c(-c3cc4ccccc4c4ccccc34)cc3ccccc23)O1.S. The molecule has 1 aliphatic rings. The Morgan fingerprint density at radius 2 is 0.630 bits per heavy atom. The van der Waals surface area contributed by atoms with Crippen molar-refractivity contribution in [3.05, 3.63) is 170 Å². The Kier molecular flexibility index (Phi) is 7.37. The van der Waals surface area contributed by atoms with Crippen LogP contribution in [0.5, 0.6) is 11.5 Å². The highest BCUT2D eigenvalue weighted by Gasteiger charge is 2.38. The van der Waals surface area contributed by atoms with Crippen LogP contribution < -0.4 is 9.05 Å². The second-order valence-electron chi connectivity index (χ2n) is 13.7. The van der Waals surface area contributed by atoms with Gasteiger partial charge in [0.1, 0.15) is 11.5 Å². The Morgan fingerprint density at radius 3 is 1.02 bits per heavy atom. The van der Waals surface area contributed by atoms with Crippen LogP contribution >= 0.6 is 21.3 Å². The van der Waals surface area contributed by atoms with E-state index in [1.165, 1.54) is 0 Å². The number of hydrogen-bond donors (Lipinski definition) is 1. The lowest BCUT2D eigenvalue weighted by atomic mass is 9.84. The molecule has 11 rings (SSSR count). The van der Waals surface area contributed by atoms with E-state index in [0.29, 0.717) is 11.5 Å². The van der Waals surface area contributed by atoms with Crippen LogP contribution in [-0.4, -0.2) is 4.89 Å². The zero-order valence-corrected chi connectivity index (χ0v) is 30.7. The number of benzene rings is 10. The first-order valence-corrected chi connectivity index (χ1v) is 19.2. The monoisotopic (exact) mass is 734 g/mol. The maximum Gasteiger partial charge on any atom is 0.584 e. The van der Waals surface area contributed by atoms with Gasteiger partial charge >= 0.3 is 7.82 Å². The zero-order chi connectivity index (χ0) is 35.3. The Balaban J connectivity index is 0.00000361. The van der Waals surface area contributed by atoms with E-state index in [2.05, 4.69) is 109 Å². The van der Waals surface area contributed by atoms with Gasteiger partial charge in [0, 0.05) is 22.3 Å². The molecule has 1 heterocycles. The van der Waals surface area contributed by atoms with Gasteiger partial charge in [-0.1, -0.05) is 146 Å². The topological polar surface area (TPSA) is 55.8 Å². The van der Waals surface area contributed by atoms with Crippen molar-refractivity contribution in [3.63, 3.8) is 0 Å². The van der Waals surface area contributed by atoms with Gasteiger partial charge in [-0.25, -0.2) is 4.57 Å². The number of phosphoric acid groups is 1. The average Bonchev–Trinajstić information content (AvgIpc) is 3.33. The van der Waals surface area contributed by atoms with Crippen molar-refractivity contribution in [2.75, 3.05) is 0 Å². The van der Waals surface area contributed by atoms with Gasteiger partial charge in [-0.2, -0.15) is 13.5 Å². The number of hydrogen-bond acceptors (Lipinski definition) is 3. The minimum Gasteiger partial charge on any atom is -0.394 e. The summed E-state index contributed by atoms with van der Waals surface area (Å²) in [6.45, 7) is 0. The first-order valence-electron chi connectivity index (χ1n) is 17.7. The Bertz CT molecular complexity index is 3030. The Labute approximate surface area is 317 Å². The molecule has 0 fully saturated rings. The first kappa shape index (κ1) is 32.5. The molecule has 1 aliphatic heterocycles. The minimum absolute atomic E-state index is 0. The average molecular weight is 735 g/mol. The minimum atomic E-state index is -4.76. The molecule has 54 heavy (non-hydrogen) atoms. The highest BCUT2D eigenvalue weighted by atomic mass is 32.1. The summed E-state index contributed by atoms with van der Waals surface area (Å²) in [5, 5.41) is 12.4. The third-order valence-electron chi connectivity index (χ3n) is 10.8. The molecule has 0 aromatic heterocycles. The molecule has 0 bridgehead atoms. The fourth-order valence-corrected chi connectivity index (χ4v) is 9.42. The van der Waals surface area contributed by atoms with Crippen molar-refractivity contribution in [3.8, 4) is 44.9 Å². The summed E-state index contributed by atoms with van der Waals surface area (Å²) in [7, 11) is -4.76. The molecule has 0 radical (unpaired) electrons. The van der Waals surface area contributed by atoms with E-state index >= 15 is 0 Å². The van der Waals surface area contributed by atoms with Crippen LogP contribution in [0.2, 0.25) is 0 Å². The van der Waals surface area contributed by atoms with Crippen LogP contribution in [0.4, 0.5) is 0 Å². The van der Waals surface area contributed by atoms with Crippen molar-refractivity contribution in [2.24, 2.45) is 0 Å². The summed E-state index contributed by atoms with van der Waals surface area (Å²) in [5.41, 5.74) is 4.70. The van der Waals surface area contributed by atoms with Gasteiger partial charge in [-0.05, 0) is 100 Å². The van der Waals surface area contributed by atoms with E-state index in [1.54, 1.807) is 0 Å². The van der Waals surface area contributed by atoms with Crippen molar-refractivity contribution >= 4 is 86.0 Å². The summed E-state index contributed by atoms with van der Waals surface area (Å²) in [5.74, 6) is 0.638. The predicted octanol–water partition coefficient (Wildman–Crippen LogP) is 13.6. The lowest BCUT2D eigenvalue weighted by molar-refractivity contribution is 0.295. The molecule has 10 aromatic carbocycles. The van der Waals surface area contributed by atoms with Crippen molar-refractivity contribution < 1.29 is 18.5 Å². The lowest BCUT2D eigenvalue weighted by Gasteiger charge is -2.20.